The average Bonchev–Trinajstić information content (AvgIpc) is 2.72. The molecular formula is C13H20ClN3O. The van der Waals surface area contributed by atoms with E-state index >= 15 is 0 Å². The molecule has 2 atom stereocenters. The van der Waals surface area contributed by atoms with Crippen LogP contribution in [0.3, 0.4) is 0 Å². The van der Waals surface area contributed by atoms with Gasteiger partial charge in [-0.2, -0.15) is 0 Å². The molecule has 0 aromatic carbocycles. The van der Waals surface area contributed by atoms with Gasteiger partial charge in [-0.3, -0.25) is 0 Å². The Kier molecular flexibility index (Phi) is 4.10. The fraction of sp³-hybridized carbons (Fsp3) is 0.615. The van der Waals surface area contributed by atoms with Crippen LogP contribution in [0.1, 0.15) is 12.6 Å². The molecule has 1 saturated heterocycles. The van der Waals surface area contributed by atoms with Crippen LogP contribution in [0, 0.1) is 5.92 Å². The van der Waals surface area contributed by atoms with Crippen LogP contribution in [-0.2, 0) is 6.61 Å². The molecule has 18 heavy (non-hydrogen) atoms. The van der Waals surface area contributed by atoms with Crippen molar-refractivity contribution in [1.29, 1.82) is 0 Å². The second kappa shape index (κ2) is 5.43. The summed E-state index contributed by atoms with van der Waals surface area (Å²) < 4.78 is 0. The van der Waals surface area contributed by atoms with Crippen molar-refractivity contribution in [2.24, 2.45) is 5.92 Å². The minimum Gasteiger partial charge on any atom is -0.390 e. The summed E-state index contributed by atoms with van der Waals surface area (Å²) >= 11 is 5.96. The summed E-state index contributed by atoms with van der Waals surface area (Å²) in [5.41, 5.74) is 0.551. The van der Waals surface area contributed by atoms with Crippen molar-refractivity contribution >= 4 is 17.4 Å². The first-order valence-electron chi connectivity index (χ1n) is 6.20. The van der Waals surface area contributed by atoms with E-state index in [9.17, 15) is 5.11 Å². The number of aliphatic hydroxyl groups excluding tert-OH is 1. The maximum Gasteiger partial charge on any atom is 0.129 e. The molecule has 0 saturated carbocycles. The summed E-state index contributed by atoms with van der Waals surface area (Å²) in [5.74, 6) is 1.51. The van der Waals surface area contributed by atoms with E-state index in [0.29, 0.717) is 22.7 Å². The number of aliphatic hydroxyl groups is 1. The van der Waals surface area contributed by atoms with E-state index in [1.165, 1.54) is 0 Å². The maximum absolute atomic E-state index is 9.20. The molecule has 2 heterocycles. The van der Waals surface area contributed by atoms with Gasteiger partial charge in [0, 0.05) is 19.1 Å². The van der Waals surface area contributed by atoms with Crippen LogP contribution in [0.25, 0.3) is 0 Å². The average molecular weight is 270 g/mol. The summed E-state index contributed by atoms with van der Waals surface area (Å²) in [6.07, 6.45) is 0. The molecular weight excluding hydrogens is 250 g/mol. The number of anilines is 1. The lowest BCUT2D eigenvalue weighted by Gasteiger charge is -2.22. The lowest BCUT2D eigenvalue weighted by Crippen LogP contribution is -2.34. The number of aromatic nitrogens is 1. The van der Waals surface area contributed by atoms with E-state index in [4.69, 9.17) is 11.6 Å². The Morgan fingerprint density at radius 3 is 2.72 bits per heavy atom. The van der Waals surface area contributed by atoms with Crippen molar-refractivity contribution in [3.05, 3.63) is 22.8 Å². The van der Waals surface area contributed by atoms with Crippen LogP contribution < -0.4 is 4.90 Å². The Hall–Kier alpha value is -0.840. The molecule has 2 rings (SSSR count). The first-order chi connectivity index (χ1) is 8.52. The highest BCUT2D eigenvalue weighted by atomic mass is 35.5. The first kappa shape index (κ1) is 13.6. The molecule has 100 valence electrons. The molecule has 5 heteroatoms. The smallest absolute Gasteiger partial charge is 0.129 e. The monoisotopic (exact) mass is 269 g/mol. The summed E-state index contributed by atoms with van der Waals surface area (Å²) in [7, 11) is 4.22. The lowest BCUT2D eigenvalue weighted by molar-refractivity contribution is 0.266. The third kappa shape index (κ3) is 2.60. The second-order valence-electron chi connectivity index (χ2n) is 5.17. The van der Waals surface area contributed by atoms with Gasteiger partial charge in [-0.25, -0.2) is 4.98 Å². The highest BCUT2D eigenvalue weighted by Gasteiger charge is 2.31. The summed E-state index contributed by atoms with van der Waals surface area (Å²) in [5, 5.41) is 9.73. The second-order valence-corrected chi connectivity index (χ2v) is 5.58. The summed E-state index contributed by atoms with van der Waals surface area (Å²) in [4.78, 5) is 8.94. The van der Waals surface area contributed by atoms with E-state index in [0.717, 1.165) is 18.9 Å². The molecule has 1 aromatic rings. The quantitative estimate of drug-likeness (QED) is 0.905. The molecule has 0 bridgehead atoms. The van der Waals surface area contributed by atoms with Crippen molar-refractivity contribution in [2.75, 3.05) is 32.1 Å². The molecule has 0 aliphatic carbocycles. The molecule has 2 unspecified atom stereocenters. The largest absolute Gasteiger partial charge is 0.390 e. The normalized spacial score (nSPS) is 24.0. The van der Waals surface area contributed by atoms with Crippen LogP contribution in [0.2, 0.25) is 5.02 Å². The fourth-order valence-corrected chi connectivity index (χ4v) is 2.73. The number of rotatable bonds is 3. The molecule has 4 nitrogen and oxygen atoms in total. The highest BCUT2D eigenvalue weighted by Crippen LogP contribution is 2.26. The third-order valence-electron chi connectivity index (χ3n) is 3.61. The number of pyridine rings is 1. The van der Waals surface area contributed by atoms with E-state index in [1.54, 1.807) is 0 Å². The van der Waals surface area contributed by atoms with Gasteiger partial charge in [0.1, 0.15) is 5.82 Å². The molecule has 0 spiro atoms. The first-order valence-corrected chi connectivity index (χ1v) is 6.58. The Morgan fingerprint density at radius 1 is 1.44 bits per heavy atom. The zero-order valence-electron chi connectivity index (χ0n) is 11.1. The van der Waals surface area contributed by atoms with Gasteiger partial charge in [-0.05, 0) is 32.1 Å². The number of halogens is 1. The number of nitrogens with zero attached hydrogens (tertiary/aromatic N) is 3. The van der Waals surface area contributed by atoms with Gasteiger partial charge in [0.25, 0.3) is 0 Å². The maximum atomic E-state index is 9.20. The van der Waals surface area contributed by atoms with E-state index in [2.05, 4.69) is 35.8 Å². The van der Waals surface area contributed by atoms with Crippen molar-refractivity contribution < 1.29 is 5.11 Å². The molecule has 1 fully saturated rings. The van der Waals surface area contributed by atoms with Gasteiger partial charge in [0.2, 0.25) is 0 Å². The van der Waals surface area contributed by atoms with Crippen molar-refractivity contribution in [3.8, 4) is 0 Å². The molecule has 0 radical (unpaired) electrons. The number of hydrogen-bond donors (Lipinski definition) is 1. The van der Waals surface area contributed by atoms with Gasteiger partial charge in [-0.15, -0.1) is 0 Å². The summed E-state index contributed by atoms with van der Waals surface area (Å²) in [6.45, 7) is 4.09. The van der Waals surface area contributed by atoms with Crippen LogP contribution in [0.4, 0.5) is 5.82 Å². The predicted molar refractivity (Wildman–Crippen MR) is 74.0 cm³/mol. The van der Waals surface area contributed by atoms with Crippen LogP contribution in [0.15, 0.2) is 12.1 Å². The standard InChI is InChI=1S/C13H20ClN3O/c1-9-6-17(7-12(9)16(2)3)13-5-4-10(14)11(8-18)15-13/h4-5,9,12,18H,6-8H2,1-3H3. The van der Waals surface area contributed by atoms with Gasteiger partial charge >= 0.3 is 0 Å². The number of hydrogen-bond acceptors (Lipinski definition) is 4. The van der Waals surface area contributed by atoms with Crippen molar-refractivity contribution in [1.82, 2.24) is 9.88 Å². The molecule has 1 aromatic heterocycles. The van der Waals surface area contributed by atoms with Crippen LogP contribution in [0.5, 0.6) is 0 Å². The summed E-state index contributed by atoms with van der Waals surface area (Å²) in [6, 6.07) is 4.27. The zero-order valence-corrected chi connectivity index (χ0v) is 11.9. The Balaban J connectivity index is 2.18. The zero-order chi connectivity index (χ0) is 13.3. The topological polar surface area (TPSA) is 39.6 Å². The predicted octanol–water partition coefficient (Wildman–Crippen LogP) is 1.61. The highest BCUT2D eigenvalue weighted by molar-refractivity contribution is 6.31. The lowest BCUT2D eigenvalue weighted by atomic mass is 10.1. The molecule has 0 amide bonds. The van der Waals surface area contributed by atoms with E-state index in [-0.39, 0.29) is 6.61 Å². The molecule has 1 N–H and O–H groups in total. The molecule has 1 aliphatic rings. The Labute approximate surface area is 113 Å². The van der Waals surface area contributed by atoms with Crippen LogP contribution >= 0.6 is 11.6 Å². The SMILES string of the molecule is CC1CN(c2ccc(Cl)c(CO)n2)CC1N(C)C. The third-order valence-corrected chi connectivity index (χ3v) is 3.96. The van der Waals surface area contributed by atoms with Gasteiger partial charge in [-0.1, -0.05) is 18.5 Å². The van der Waals surface area contributed by atoms with Crippen molar-refractivity contribution in [2.45, 2.75) is 19.6 Å². The van der Waals surface area contributed by atoms with E-state index < -0.39 is 0 Å². The minimum absolute atomic E-state index is 0.118. The Morgan fingerprint density at radius 2 is 2.17 bits per heavy atom. The van der Waals surface area contributed by atoms with Crippen molar-refractivity contribution in [3.63, 3.8) is 0 Å². The van der Waals surface area contributed by atoms with Crippen LogP contribution in [-0.4, -0.2) is 48.2 Å². The van der Waals surface area contributed by atoms with Gasteiger partial charge in [0.15, 0.2) is 0 Å². The van der Waals surface area contributed by atoms with Gasteiger partial charge in [0.05, 0.1) is 17.3 Å². The number of likely N-dealkylation sites (N-methyl/N-ethyl adjacent to an activating group) is 1. The Bertz CT molecular complexity index is 425. The van der Waals surface area contributed by atoms with Gasteiger partial charge < -0.3 is 14.9 Å². The van der Waals surface area contributed by atoms with E-state index in [1.807, 2.05) is 12.1 Å². The minimum atomic E-state index is -0.118. The fourth-order valence-electron chi connectivity index (χ4n) is 2.57. The molecule has 1 aliphatic heterocycles.